The Kier molecular flexibility index (Phi) is 5.16. The van der Waals surface area contributed by atoms with E-state index in [0.717, 1.165) is 12.1 Å². The second-order valence-electron chi connectivity index (χ2n) is 14.6. The van der Waals surface area contributed by atoms with Gasteiger partial charge in [0, 0.05) is 35.5 Å². The van der Waals surface area contributed by atoms with Crippen molar-refractivity contribution in [1.29, 1.82) is 0 Å². The van der Waals surface area contributed by atoms with Gasteiger partial charge in [0.2, 0.25) is 0 Å². The van der Waals surface area contributed by atoms with Crippen LogP contribution >= 0.6 is 0 Å². The molecule has 4 heteroatoms. The molecule has 0 bridgehead atoms. The van der Waals surface area contributed by atoms with Crippen molar-refractivity contribution >= 4 is 11.4 Å². The predicted octanol–water partition coefficient (Wildman–Crippen LogP) is 6.47. The van der Waals surface area contributed by atoms with Crippen molar-refractivity contribution in [3.05, 3.63) is 47.5 Å². The van der Waals surface area contributed by atoms with E-state index < -0.39 is 0 Å². The smallest absolute Gasteiger partial charge is 0.0453 e. The molecule has 6 atom stereocenters. The molecule has 2 aromatic carbocycles. The molecule has 0 unspecified atom stereocenters. The lowest BCUT2D eigenvalue weighted by atomic mass is 9.62. The van der Waals surface area contributed by atoms with Crippen molar-refractivity contribution in [2.75, 3.05) is 36.8 Å². The molecule has 6 aliphatic heterocycles. The van der Waals surface area contributed by atoms with E-state index in [1.54, 1.807) is 0 Å². The SMILES string of the molecule is CC1(C)c2cc(-c3ccc4c(c3)C(C)(C)[C@H]3CCN5CCC[C@H]5[C@H]3N4)ccc2N[C@@H]2[C@@H]3CCCN3CC[C@@H]21. The van der Waals surface area contributed by atoms with E-state index >= 15 is 0 Å². The Morgan fingerprint density at radius 3 is 1.50 bits per heavy atom. The summed E-state index contributed by atoms with van der Waals surface area (Å²) >= 11 is 0. The minimum Gasteiger partial charge on any atom is -0.380 e. The highest BCUT2D eigenvalue weighted by Crippen LogP contribution is 2.52. The molecule has 0 radical (unpaired) electrons. The molecule has 0 saturated carbocycles. The molecule has 4 saturated heterocycles. The van der Waals surface area contributed by atoms with Crippen LogP contribution in [0, 0.1) is 11.8 Å². The van der Waals surface area contributed by atoms with Crippen LogP contribution in [-0.4, -0.2) is 60.1 Å². The largest absolute Gasteiger partial charge is 0.380 e. The average Bonchev–Trinajstić information content (AvgIpc) is 3.58. The second kappa shape index (κ2) is 8.24. The van der Waals surface area contributed by atoms with Crippen LogP contribution in [0.3, 0.4) is 0 Å². The average molecular weight is 511 g/mol. The van der Waals surface area contributed by atoms with Gasteiger partial charge >= 0.3 is 0 Å². The molecule has 4 nitrogen and oxygen atoms in total. The van der Waals surface area contributed by atoms with Crippen molar-refractivity contribution < 1.29 is 0 Å². The number of piperidine rings is 2. The van der Waals surface area contributed by atoms with Crippen LogP contribution in [0.1, 0.15) is 77.3 Å². The topological polar surface area (TPSA) is 30.5 Å². The summed E-state index contributed by atoms with van der Waals surface area (Å²) in [7, 11) is 0. The van der Waals surface area contributed by atoms with E-state index in [0.29, 0.717) is 23.9 Å². The molecule has 202 valence electrons. The van der Waals surface area contributed by atoms with Gasteiger partial charge in [0.1, 0.15) is 0 Å². The van der Waals surface area contributed by atoms with Crippen LogP contribution in [0.4, 0.5) is 11.4 Å². The van der Waals surface area contributed by atoms with Gasteiger partial charge in [0.15, 0.2) is 0 Å². The van der Waals surface area contributed by atoms with Crippen LogP contribution in [0.15, 0.2) is 36.4 Å². The first-order valence-electron chi connectivity index (χ1n) is 15.6. The van der Waals surface area contributed by atoms with Gasteiger partial charge in [-0.25, -0.2) is 0 Å². The zero-order valence-electron chi connectivity index (χ0n) is 23.9. The number of benzene rings is 2. The number of nitrogens with one attached hydrogen (secondary N) is 2. The Morgan fingerprint density at radius 1 is 0.605 bits per heavy atom. The normalized spacial score (nSPS) is 36.5. The van der Waals surface area contributed by atoms with Crippen molar-refractivity contribution in [3.8, 4) is 11.1 Å². The third-order valence-electron chi connectivity index (χ3n) is 12.2. The zero-order chi connectivity index (χ0) is 25.8. The van der Waals surface area contributed by atoms with Crippen molar-refractivity contribution in [2.45, 2.75) is 101 Å². The van der Waals surface area contributed by atoms with Gasteiger partial charge in [-0.15, -0.1) is 0 Å². The summed E-state index contributed by atoms with van der Waals surface area (Å²) in [5.41, 5.74) is 8.92. The highest BCUT2D eigenvalue weighted by molar-refractivity contribution is 5.75. The van der Waals surface area contributed by atoms with Crippen LogP contribution < -0.4 is 10.6 Å². The standard InChI is InChI=1S/C34H46N4/c1-33(2)23-13-17-37-15-5-7-29(37)31(23)35-27-11-9-21(19-25(27)33)22-10-12-28-26(20-22)34(3,4)24-14-18-38-16-6-8-30(38)32(24)36-28/h9-12,19-20,23-24,29-32,35-36H,5-8,13-18H2,1-4H3/t23-,24-,29-,30-,31-,32-/m0/s1. The molecule has 6 aliphatic rings. The second-order valence-corrected chi connectivity index (χ2v) is 14.6. The monoisotopic (exact) mass is 510 g/mol. The Morgan fingerprint density at radius 2 is 1.05 bits per heavy atom. The van der Waals surface area contributed by atoms with E-state index in [9.17, 15) is 0 Å². The Labute approximate surface area is 229 Å². The fourth-order valence-electron chi connectivity index (χ4n) is 10.1. The molecule has 2 aromatic rings. The Balaban J connectivity index is 1.14. The maximum Gasteiger partial charge on any atom is 0.0453 e. The summed E-state index contributed by atoms with van der Waals surface area (Å²) in [6.45, 7) is 15.2. The first-order valence-corrected chi connectivity index (χ1v) is 15.6. The molecule has 2 N–H and O–H groups in total. The zero-order valence-corrected chi connectivity index (χ0v) is 23.9. The van der Waals surface area contributed by atoms with Crippen LogP contribution in [-0.2, 0) is 10.8 Å². The number of hydrogen-bond donors (Lipinski definition) is 2. The molecule has 8 rings (SSSR count). The van der Waals surface area contributed by atoms with Crippen LogP contribution in [0.25, 0.3) is 11.1 Å². The fraction of sp³-hybridized carbons (Fsp3) is 0.647. The van der Waals surface area contributed by atoms with E-state index in [-0.39, 0.29) is 10.8 Å². The number of hydrogen-bond acceptors (Lipinski definition) is 4. The summed E-state index contributed by atoms with van der Waals surface area (Å²) < 4.78 is 0. The third kappa shape index (κ3) is 3.29. The minimum atomic E-state index is 0.188. The summed E-state index contributed by atoms with van der Waals surface area (Å²) in [4.78, 5) is 5.52. The summed E-state index contributed by atoms with van der Waals surface area (Å²) in [6, 6.07) is 17.2. The number of fused-ring (bicyclic) bond motifs is 8. The van der Waals surface area contributed by atoms with Gasteiger partial charge in [-0.05, 0) is 134 Å². The van der Waals surface area contributed by atoms with Crippen LogP contribution in [0.2, 0.25) is 0 Å². The third-order valence-corrected chi connectivity index (χ3v) is 12.2. The highest BCUT2D eigenvalue weighted by Gasteiger charge is 2.51. The van der Waals surface area contributed by atoms with Crippen LogP contribution in [0.5, 0.6) is 0 Å². The molecule has 6 heterocycles. The molecule has 0 spiro atoms. The molecular formula is C34H46N4. The molecule has 38 heavy (non-hydrogen) atoms. The maximum atomic E-state index is 4.06. The molecule has 0 aromatic heterocycles. The lowest BCUT2D eigenvalue weighted by Gasteiger charge is -2.53. The van der Waals surface area contributed by atoms with Gasteiger partial charge in [0.05, 0.1) is 0 Å². The molecule has 0 amide bonds. The van der Waals surface area contributed by atoms with Crippen molar-refractivity contribution in [1.82, 2.24) is 9.80 Å². The first kappa shape index (κ1) is 23.8. The quantitative estimate of drug-likeness (QED) is 0.461. The van der Waals surface area contributed by atoms with E-state index in [1.165, 1.54) is 98.3 Å². The molecule has 0 aliphatic carbocycles. The first-order chi connectivity index (χ1) is 18.3. The molecular weight excluding hydrogens is 464 g/mol. The van der Waals surface area contributed by atoms with Gasteiger partial charge < -0.3 is 10.6 Å². The summed E-state index contributed by atoms with van der Waals surface area (Å²) in [5.74, 6) is 1.41. The molecule has 4 fully saturated rings. The predicted molar refractivity (Wildman–Crippen MR) is 158 cm³/mol. The van der Waals surface area contributed by atoms with E-state index in [2.05, 4.69) is 84.5 Å². The van der Waals surface area contributed by atoms with Crippen molar-refractivity contribution in [2.24, 2.45) is 11.8 Å². The number of rotatable bonds is 1. The minimum absolute atomic E-state index is 0.188. The highest BCUT2D eigenvalue weighted by atomic mass is 15.2. The fourth-order valence-corrected chi connectivity index (χ4v) is 10.1. The van der Waals surface area contributed by atoms with Crippen molar-refractivity contribution in [3.63, 3.8) is 0 Å². The van der Waals surface area contributed by atoms with E-state index in [4.69, 9.17) is 0 Å². The number of nitrogens with zero attached hydrogens (tertiary/aromatic N) is 2. The van der Waals surface area contributed by atoms with Gasteiger partial charge in [-0.2, -0.15) is 0 Å². The lowest BCUT2D eigenvalue weighted by Crippen LogP contribution is -2.59. The number of anilines is 2. The Hall–Kier alpha value is -2.04. The lowest BCUT2D eigenvalue weighted by molar-refractivity contribution is 0.0912. The van der Waals surface area contributed by atoms with Gasteiger partial charge in [0.25, 0.3) is 0 Å². The van der Waals surface area contributed by atoms with Gasteiger partial charge in [-0.3, -0.25) is 9.80 Å². The maximum absolute atomic E-state index is 4.06. The summed E-state index contributed by atoms with van der Waals surface area (Å²) in [5, 5.41) is 8.12. The van der Waals surface area contributed by atoms with Gasteiger partial charge in [-0.1, -0.05) is 39.8 Å². The van der Waals surface area contributed by atoms with E-state index in [1.807, 2.05) is 0 Å². The summed E-state index contributed by atoms with van der Waals surface area (Å²) in [6.07, 6.45) is 8.07. The Bertz CT molecular complexity index is 1170.